The molecule has 7 heteroatoms. The van der Waals surface area contributed by atoms with E-state index in [0.717, 1.165) is 21.2 Å². The van der Waals surface area contributed by atoms with Crippen molar-refractivity contribution in [1.82, 2.24) is 4.90 Å². The Bertz CT molecular complexity index is 485. The SMILES string of the molecule is NCC1CN(CC(=O)Nc2ccc(Br)cc2Br)CCO1. The van der Waals surface area contributed by atoms with Gasteiger partial charge in [-0.2, -0.15) is 0 Å². The Labute approximate surface area is 135 Å². The van der Waals surface area contributed by atoms with E-state index in [1.165, 1.54) is 0 Å². The topological polar surface area (TPSA) is 67.6 Å². The second-order valence-electron chi connectivity index (χ2n) is 4.64. The number of hydrogen-bond donors (Lipinski definition) is 2. The fraction of sp³-hybridized carbons (Fsp3) is 0.462. The number of halogens is 2. The lowest BCUT2D eigenvalue weighted by atomic mass is 10.2. The van der Waals surface area contributed by atoms with Crippen LogP contribution in [-0.2, 0) is 9.53 Å². The first kappa shape index (κ1) is 15.9. The smallest absolute Gasteiger partial charge is 0.238 e. The van der Waals surface area contributed by atoms with Crippen molar-refractivity contribution >= 4 is 43.5 Å². The first-order valence-electron chi connectivity index (χ1n) is 6.37. The van der Waals surface area contributed by atoms with Crippen molar-refractivity contribution in [1.29, 1.82) is 0 Å². The third-order valence-corrected chi connectivity index (χ3v) is 4.21. The molecule has 1 fully saturated rings. The molecule has 0 bridgehead atoms. The minimum Gasteiger partial charge on any atom is -0.374 e. The maximum Gasteiger partial charge on any atom is 0.238 e. The standard InChI is InChI=1S/C13H17Br2N3O2/c14-9-1-2-12(11(15)5-9)17-13(19)8-18-3-4-20-10(6-16)7-18/h1-2,5,10H,3-4,6-8,16H2,(H,17,19). The van der Waals surface area contributed by atoms with Crippen molar-refractivity contribution < 1.29 is 9.53 Å². The molecule has 0 spiro atoms. The maximum atomic E-state index is 12.1. The highest BCUT2D eigenvalue weighted by molar-refractivity contribution is 9.11. The van der Waals surface area contributed by atoms with Crippen LogP contribution in [0.1, 0.15) is 0 Å². The molecule has 1 atom stereocenters. The zero-order chi connectivity index (χ0) is 14.5. The van der Waals surface area contributed by atoms with Gasteiger partial charge >= 0.3 is 0 Å². The van der Waals surface area contributed by atoms with Crippen LogP contribution in [-0.4, -0.2) is 49.7 Å². The van der Waals surface area contributed by atoms with E-state index >= 15 is 0 Å². The summed E-state index contributed by atoms with van der Waals surface area (Å²) in [7, 11) is 0. The minimum atomic E-state index is -0.0364. The molecule has 3 N–H and O–H groups in total. The van der Waals surface area contributed by atoms with Crippen LogP contribution in [0.2, 0.25) is 0 Å². The van der Waals surface area contributed by atoms with Gasteiger partial charge in [-0.05, 0) is 34.1 Å². The van der Waals surface area contributed by atoms with Crippen molar-refractivity contribution in [3.63, 3.8) is 0 Å². The Morgan fingerprint density at radius 1 is 1.50 bits per heavy atom. The summed E-state index contributed by atoms with van der Waals surface area (Å²) in [6.07, 6.45) is 0.0240. The third-order valence-electron chi connectivity index (χ3n) is 3.06. The molecule has 1 aliphatic heterocycles. The fourth-order valence-electron chi connectivity index (χ4n) is 2.05. The number of amides is 1. The van der Waals surface area contributed by atoms with Crippen LogP contribution in [0.15, 0.2) is 27.1 Å². The summed E-state index contributed by atoms with van der Waals surface area (Å²) in [6.45, 7) is 2.91. The predicted molar refractivity (Wildman–Crippen MR) is 85.7 cm³/mol. The van der Waals surface area contributed by atoms with Crippen LogP contribution in [0.5, 0.6) is 0 Å². The predicted octanol–water partition coefficient (Wildman–Crippen LogP) is 1.81. The first-order chi connectivity index (χ1) is 9.58. The molecule has 5 nitrogen and oxygen atoms in total. The quantitative estimate of drug-likeness (QED) is 0.800. The number of carbonyl (C=O) groups is 1. The summed E-state index contributed by atoms with van der Waals surface area (Å²) in [6, 6.07) is 5.64. The van der Waals surface area contributed by atoms with E-state index in [9.17, 15) is 4.79 Å². The van der Waals surface area contributed by atoms with Crippen LogP contribution in [0.25, 0.3) is 0 Å². The number of ether oxygens (including phenoxy) is 1. The molecule has 2 rings (SSSR count). The highest BCUT2D eigenvalue weighted by Gasteiger charge is 2.21. The van der Waals surface area contributed by atoms with Gasteiger partial charge in [-0.1, -0.05) is 15.9 Å². The van der Waals surface area contributed by atoms with Crippen molar-refractivity contribution in [3.05, 3.63) is 27.1 Å². The molecule has 1 aromatic rings. The normalized spacial score (nSPS) is 19.9. The number of nitrogens with two attached hydrogens (primary N) is 1. The van der Waals surface area contributed by atoms with Gasteiger partial charge in [-0.25, -0.2) is 0 Å². The minimum absolute atomic E-state index is 0.0240. The average Bonchev–Trinajstić information content (AvgIpc) is 2.42. The zero-order valence-corrected chi connectivity index (χ0v) is 14.1. The van der Waals surface area contributed by atoms with Gasteiger partial charge in [0.2, 0.25) is 5.91 Å². The molecule has 1 aromatic carbocycles. The summed E-state index contributed by atoms with van der Waals surface area (Å²) in [4.78, 5) is 14.1. The Morgan fingerprint density at radius 3 is 3.00 bits per heavy atom. The van der Waals surface area contributed by atoms with Gasteiger partial charge in [0.1, 0.15) is 0 Å². The molecular weight excluding hydrogens is 390 g/mol. The van der Waals surface area contributed by atoms with E-state index < -0.39 is 0 Å². The van der Waals surface area contributed by atoms with Crippen molar-refractivity contribution in [2.45, 2.75) is 6.10 Å². The number of nitrogens with one attached hydrogen (secondary N) is 1. The average molecular weight is 407 g/mol. The molecule has 1 aliphatic rings. The molecular formula is C13H17Br2N3O2. The van der Waals surface area contributed by atoms with Crippen LogP contribution >= 0.6 is 31.9 Å². The highest BCUT2D eigenvalue weighted by atomic mass is 79.9. The largest absolute Gasteiger partial charge is 0.374 e. The van der Waals surface area contributed by atoms with Gasteiger partial charge in [-0.3, -0.25) is 9.69 Å². The monoisotopic (exact) mass is 405 g/mol. The molecule has 1 unspecified atom stereocenters. The molecule has 1 amide bonds. The van der Waals surface area contributed by atoms with Crippen LogP contribution < -0.4 is 11.1 Å². The number of anilines is 1. The van der Waals surface area contributed by atoms with E-state index in [0.29, 0.717) is 26.2 Å². The molecule has 0 radical (unpaired) electrons. The summed E-state index contributed by atoms with van der Waals surface area (Å²) in [5.74, 6) is -0.0364. The van der Waals surface area contributed by atoms with Crippen molar-refractivity contribution in [3.8, 4) is 0 Å². The Morgan fingerprint density at radius 2 is 2.30 bits per heavy atom. The molecule has 0 aliphatic carbocycles. The Hall–Kier alpha value is -0.470. The number of morpholine rings is 1. The molecule has 1 saturated heterocycles. The van der Waals surface area contributed by atoms with Gasteiger partial charge in [0.15, 0.2) is 0 Å². The Kier molecular flexibility index (Phi) is 5.98. The molecule has 0 saturated carbocycles. The fourth-order valence-corrected chi connectivity index (χ4v) is 3.20. The van der Waals surface area contributed by atoms with Gasteiger partial charge in [0.05, 0.1) is 24.9 Å². The molecule has 0 aromatic heterocycles. The lowest BCUT2D eigenvalue weighted by molar-refractivity contribution is -0.119. The summed E-state index contributed by atoms with van der Waals surface area (Å²) >= 11 is 6.81. The van der Waals surface area contributed by atoms with E-state index in [1.54, 1.807) is 0 Å². The number of hydrogen-bond acceptors (Lipinski definition) is 4. The second kappa shape index (κ2) is 7.51. The van der Waals surface area contributed by atoms with E-state index in [4.69, 9.17) is 10.5 Å². The highest BCUT2D eigenvalue weighted by Crippen LogP contribution is 2.26. The van der Waals surface area contributed by atoms with Crippen LogP contribution in [0.4, 0.5) is 5.69 Å². The van der Waals surface area contributed by atoms with Gasteiger partial charge in [-0.15, -0.1) is 0 Å². The molecule has 110 valence electrons. The van der Waals surface area contributed by atoms with E-state index in [-0.39, 0.29) is 12.0 Å². The summed E-state index contributed by atoms with van der Waals surface area (Å²) in [5.41, 5.74) is 6.36. The lowest BCUT2D eigenvalue weighted by Gasteiger charge is -2.31. The van der Waals surface area contributed by atoms with Crippen LogP contribution in [0.3, 0.4) is 0 Å². The number of rotatable bonds is 4. The summed E-state index contributed by atoms with van der Waals surface area (Å²) in [5, 5.41) is 2.90. The first-order valence-corrected chi connectivity index (χ1v) is 7.96. The molecule has 1 heterocycles. The Balaban J connectivity index is 1.88. The van der Waals surface area contributed by atoms with Gasteiger partial charge in [0.25, 0.3) is 0 Å². The van der Waals surface area contributed by atoms with Crippen molar-refractivity contribution in [2.75, 3.05) is 38.1 Å². The number of nitrogens with zero attached hydrogens (tertiary/aromatic N) is 1. The van der Waals surface area contributed by atoms with E-state index in [1.807, 2.05) is 18.2 Å². The molecule has 20 heavy (non-hydrogen) atoms. The maximum absolute atomic E-state index is 12.1. The number of benzene rings is 1. The lowest BCUT2D eigenvalue weighted by Crippen LogP contribution is -2.48. The van der Waals surface area contributed by atoms with Gasteiger partial charge < -0.3 is 15.8 Å². The van der Waals surface area contributed by atoms with E-state index in [2.05, 4.69) is 42.1 Å². The summed E-state index contributed by atoms with van der Waals surface area (Å²) < 4.78 is 7.29. The van der Waals surface area contributed by atoms with Gasteiger partial charge in [0, 0.05) is 28.6 Å². The van der Waals surface area contributed by atoms with Crippen LogP contribution in [0, 0.1) is 0 Å². The third kappa shape index (κ3) is 4.53. The number of carbonyl (C=O) groups excluding carboxylic acids is 1. The van der Waals surface area contributed by atoms with Crippen molar-refractivity contribution in [2.24, 2.45) is 5.73 Å². The second-order valence-corrected chi connectivity index (χ2v) is 6.41. The zero-order valence-electron chi connectivity index (χ0n) is 10.9.